The summed E-state index contributed by atoms with van der Waals surface area (Å²) in [6, 6.07) is 9.67. The third kappa shape index (κ3) is 4.45. The van der Waals surface area contributed by atoms with Gasteiger partial charge in [0, 0.05) is 24.0 Å². The van der Waals surface area contributed by atoms with Crippen LogP contribution in [-0.2, 0) is 9.59 Å². The van der Waals surface area contributed by atoms with E-state index in [1.54, 1.807) is 13.3 Å². The van der Waals surface area contributed by atoms with Crippen LogP contribution < -0.4 is 5.32 Å². The zero-order valence-electron chi connectivity index (χ0n) is 15.3. The number of hydrogen-bond acceptors (Lipinski definition) is 6. The van der Waals surface area contributed by atoms with E-state index in [1.807, 2.05) is 49.6 Å². The first-order chi connectivity index (χ1) is 13.0. The molecule has 0 bridgehead atoms. The van der Waals surface area contributed by atoms with Crippen LogP contribution in [0.2, 0.25) is 0 Å². The van der Waals surface area contributed by atoms with E-state index in [-0.39, 0.29) is 18.2 Å². The van der Waals surface area contributed by atoms with Crippen molar-refractivity contribution in [3.8, 4) is 0 Å². The number of thioether (sulfide) groups is 1. The summed E-state index contributed by atoms with van der Waals surface area (Å²) >= 11 is 2.80. The fourth-order valence-electron chi connectivity index (χ4n) is 2.69. The van der Waals surface area contributed by atoms with Crippen molar-refractivity contribution in [2.24, 2.45) is 10.1 Å². The molecule has 0 unspecified atom stereocenters. The highest BCUT2D eigenvalue weighted by atomic mass is 32.2. The Morgan fingerprint density at radius 1 is 1.26 bits per heavy atom. The highest BCUT2D eigenvalue weighted by Gasteiger charge is 2.39. The second-order valence-electron chi connectivity index (χ2n) is 6.04. The molecule has 1 N–H and O–H groups in total. The van der Waals surface area contributed by atoms with E-state index in [9.17, 15) is 9.59 Å². The lowest BCUT2D eigenvalue weighted by molar-refractivity contribution is -0.128. The zero-order chi connectivity index (χ0) is 19.4. The van der Waals surface area contributed by atoms with Gasteiger partial charge in [-0.1, -0.05) is 36.0 Å². The van der Waals surface area contributed by atoms with Crippen molar-refractivity contribution < 1.29 is 9.59 Å². The number of hydrazone groups is 1. The van der Waals surface area contributed by atoms with E-state index in [1.165, 1.54) is 28.1 Å². The van der Waals surface area contributed by atoms with Gasteiger partial charge < -0.3 is 5.32 Å². The number of amides is 2. The molecule has 1 aliphatic rings. The number of carbonyl (C=O) groups is 2. The van der Waals surface area contributed by atoms with Crippen LogP contribution >= 0.6 is 23.1 Å². The van der Waals surface area contributed by atoms with Gasteiger partial charge in [-0.2, -0.15) is 10.1 Å². The normalized spacial score (nSPS) is 18.6. The molecule has 2 aromatic rings. The SMILES string of the molecule is CN=C1S[C@@H](CC(=O)Nc2c(C)cccc2C)C(=O)N1/N=C\c1cccs1. The van der Waals surface area contributed by atoms with Crippen LogP contribution in [0.1, 0.15) is 22.4 Å². The number of hydrogen-bond donors (Lipinski definition) is 1. The molecular formula is C19H20N4O2S2. The van der Waals surface area contributed by atoms with Gasteiger partial charge in [0.15, 0.2) is 5.17 Å². The van der Waals surface area contributed by atoms with Crippen molar-refractivity contribution >= 4 is 52.0 Å². The average Bonchev–Trinajstić information content (AvgIpc) is 3.25. The van der Waals surface area contributed by atoms with Crippen molar-refractivity contribution in [1.29, 1.82) is 0 Å². The third-order valence-electron chi connectivity index (χ3n) is 4.06. The topological polar surface area (TPSA) is 74.1 Å². The van der Waals surface area contributed by atoms with Gasteiger partial charge in [-0.25, -0.2) is 0 Å². The maximum Gasteiger partial charge on any atom is 0.263 e. The molecule has 3 rings (SSSR count). The monoisotopic (exact) mass is 400 g/mol. The fourth-order valence-corrected chi connectivity index (χ4v) is 4.30. The van der Waals surface area contributed by atoms with Gasteiger partial charge in [-0.05, 0) is 36.4 Å². The predicted molar refractivity (Wildman–Crippen MR) is 113 cm³/mol. The Bertz CT molecular complexity index is 886. The molecule has 2 amide bonds. The Kier molecular flexibility index (Phi) is 6.08. The van der Waals surface area contributed by atoms with E-state index in [2.05, 4.69) is 15.4 Å². The molecule has 1 saturated heterocycles. The van der Waals surface area contributed by atoms with E-state index < -0.39 is 5.25 Å². The number of thiophene rings is 1. The molecule has 1 aliphatic heterocycles. The van der Waals surface area contributed by atoms with Gasteiger partial charge >= 0.3 is 0 Å². The quantitative estimate of drug-likeness (QED) is 0.779. The number of anilines is 1. The summed E-state index contributed by atoms with van der Waals surface area (Å²) in [5, 5.41) is 10.4. The molecular weight excluding hydrogens is 380 g/mol. The second-order valence-corrected chi connectivity index (χ2v) is 8.19. The van der Waals surface area contributed by atoms with Crippen molar-refractivity contribution in [2.45, 2.75) is 25.5 Å². The van der Waals surface area contributed by atoms with Gasteiger partial charge in [-0.3, -0.25) is 14.6 Å². The Labute approximate surface area is 166 Å². The molecule has 1 aromatic heterocycles. The lowest BCUT2D eigenvalue weighted by Gasteiger charge is -2.12. The fraction of sp³-hybridized carbons (Fsp3) is 0.263. The van der Waals surface area contributed by atoms with E-state index in [0.29, 0.717) is 5.17 Å². The molecule has 27 heavy (non-hydrogen) atoms. The molecule has 6 nitrogen and oxygen atoms in total. The third-order valence-corrected chi connectivity index (χ3v) is 6.09. The van der Waals surface area contributed by atoms with Crippen molar-refractivity contribution in [1.82, 2.24) is 5.01 Å². The number of amidine groups is 1. The average molecular weight is 401 g/mol. The molecule has 1 atom stereocenters. The van der Waals surface area contributed by atoms with Crippen LogP contribution in [0.4, 0.5) is 5.69 Å². The van der Waals surface area contributed by atoms with Crippen LogP contribution in [0.25, 0.3) is 0 Å². The van der Waals surface area contributed by atoms with Crippen LogP contribution in [0.15, 0.2) is 45.8 Å². The first-order valence-corrected chi connectivity index (χ1v) is 10.2. The summed E-state index contributed by atoms with van der Waals surface area (Å²) in [7, 11) is 1.61. The zero-order valence-corrected chi connectivity index (χ0v) is 16.9. The van der Waals surface area contributed by atoms with E-state index >= 15 is 0 Å². The lowest BCUT2D eigenvalue weighted by atomic mass is 10.1. The minimum absolute atomic E-state index is 0.0708. The molecule has 0 spiro atoms. The van der Waals surface area contributed by atoms with Gasteiger partial charge in [0.25, 0.3) is 5.91 Å². The summed E-state index contributed by atoms with van der Waals surface area (Å²) in [5.41, 5.74) is 2.79. The molecule has 8 heteroatoms. The summed E-state index contributed by atoms with van der Waals surface area (Å²) < 4.78 is 0. The standard InChI is InChI=1S/C19H20N4O2S2/c1-12-6-4-7-13(2)17(12)22-16(24)10-15-18(25)23(19(20-3)27-15)21-11-14-8-5-9-26-14/h4-9,11,15H,10H2,1-3H3,(H,22,24)/b20-19?,21-11-/t15-/m0/s1. The largest absolute Gasteiger partial charge is 0.326 e. The maximum atomic E-state index is 12.7. The maximum absolute atomic E-state index is 12.7. The summed E-state index contributed by atoms with van der Waals surface area (Å²) in [6.45, 7) is 3.89. The van der Waals surface area contributed by atoms with Crippen molar-refractivity contribution in [2.75, 3.05) is 12.4 Å². The molecule has 1 fully saturated rings. The van der Waals surface area contributed by atoms with Crippen molar-refractivity contribution in [3.05, 3.63) is 51.7 Å². The molecule has 0 saturated carbocycles. The number of aliphatic imine (C=N–C) groups is 1. The predicted octanol–water partition coefficient (Wildman–Crippen LogP) is 3.66. The number of aryl methyl sites for hydroxylation is 2. The van der Waals surface area contributed by atoms with Crippen LogP contribution in [-0.4, -0.2) is 40.5 Å². The Hall–Kier alpha value is -2.45. The molecule has 2 heterocycles. The summed E-state index contributed by atoms with van der Waals surface area (Å²) in [6.07, 6.45) is 1.70. The summed E-state index contributed by atoms with van der Waals surface area (Å²) in [5.74, 6) is -0.428. The first-order valence-electron chi connectivity index (χ1n) is 8.40. The Balaban J connectivity index is 1.68. The first kappa shape index (κ1) is 19.3. The lowest BCUT2D eigenvalue weighted by Crippen LogP contribution is -2.30. The Morgan fingerprint density at radius 2 is 2.00 bits per heavy atom. The molecule has 140 valence electrons. The highest BCUT2D eigenvalue weighted by molar-refractivity contribution is 8.15. The van der Waals surface area contributed by atoms with Crippen LogP contribution in [0.5, 0.6) is 0 Å². The van der Waals surface area contributed by atoms with E-state index in [4.69, 9.17) is 0 Å². The number of rotatable bonds is 5. The number of nitrogens with one attached hydrogen (secondary N) is 1. The smallest absolute Gasteiger partial charge is 0.263 e. The number of nitrogens with zero attached hydrogens (tertiary/aromatic N) is 3. The van der Waals surface area contributed by atoms with Gasteiger partial charge in [0.1, 0.15) is 5.25 Å². The van der Waals surface area contributed by atoms with Crippen LogP contribution in [0.3, 0.4) is 0 Å². The molecule has 0 radical (unpaired) electrons. The number of carbonyl (C=O) groups excluding carboxylic acids is 2. The van der Waals surface area contributed by atoms with Gasteiger partial charge in [-0.15, -0.1) is 11.3 Å². The van der Waals surface area contributed by atoms with Gasteiger partial charge in [0.05, 0.1) is 6.21 Å². The minimum Gasteiger partial charge on any atom is -0.326 e. The van der Waals surface area contributed by atoms with Gasteiger partial charge in [0.2, 0.25) is 5.91 Å². The van der Waals surface area contributed by atoms with Crippen molar-refractivity contribution in [3.63, 3.8) is 0 Å². The summed E-state index contributed by atoms with van der Waals surface area (Å²) in [4.78, 5) is 30.3. The number of para-hydroxylation sites is 1. The minimum atomic E-state index is -0.534. The van der Waals surface area contributed by atoms with E-state index in [0.717, 1.165) is 21.7 Å². The molecule has 1 aromatic carbocycles. The second kappa shape index (κ2) is 8.49. The highest BCUT2D eigenvalue weighted by Crippen LogP contribution is 2.30. The Morgan fingerprint density at radius 3 is 2.63 bits per heavy atom. The van der Waals surface area contributed by atoms with Crippen LogP contribution in [0, 0.1) is 13.8 Å². The number of benzene rings is 1. The molecule has 0 aliphatic carbocycles.